The molecule has 0 aliphatic rings. The smallest absolute Gasteiger partial charge is 0.359 e. The first-order chi connectivity index (χ1) is 9.69. The molecule has 0 radical (unpaired) electrons. The molecule has 1 heterocycles. The summed E-state index contributed by atoms with van der Waals surface area (Å²) in [7, 11) is 0. The second kappa shape index (κ2) is 8.64. The summed E-state index contributed by atoms with van der Waals surface area (Å²) in [6.07, 6.45) is 8.74. The van der Waals surface area contributed by atoms with Gasteiger partial charge < -0.3 is 4.74 Å². The summed E-state index contributed by atoms with van der Waals surface area (Å²) in [5.74, 6) is 1.25. The van der Waals surface area contributed by atoms with E-state index in [0.717, 1.165) is 23.0 Å². The van der Waals surface area contributed by atoms with Gasteiger partial charge in [-0.1, -0.05) is 26.0 Å². The van der Waals surface area contributed by atoms with Crippen LogP contribution in [0.2, 0.25) is 0 Å². The molecular formula is C15H22N2O2S. The topological polar surface area (TPSA) is 44.1 Å². The highest BCUT2D eigenvalue weighted by Gasteiger charge is 2.21. The fourth-order valence-corrected chi connectivity index (χ4v) is 2.50. The van der Waals surface area contributed by atoms with Crippen LogP contribution in [0, 0.1) is 0 Å². The van der Waals surface area contributed by atoms with Gasteiger partial charge in [0.2, 0.25) is 0 Å². The van der Waals surface area contributed by atoms with Crippen LogP contribution in [-0.4, -0.2) is 27.9 Å². The monoisotopic (exact) mass is 294 g/mol. The Morgan fingerprint density at radius 3 is 2.70 bits per heavy atom. The standard InChI is InChI=1S/C15H22N2O2S/c1-5-9-11-17-12(10-6-2)16-13(14(17)20-8-4)15(18)19-7-3/h6,9-11H,5,7-8H2,1-4H3/b10-6-,11-9+. The van der Waals surface area contributed by atoms with E-state index in [0.29, 0.717) is 12.3 Å². The molecule has 0 amide bonds. The molecule has 110 valence electrons. The Labute approximate surface area is 124 Å². The molecule has 0 spiro atoms. The van der Waals surface area contributed by atoms with E-state index in [1.807, 2.05) is 35.9 Å². The van der Waals surface area contributed by atoms with Crippen LogP contribution in [0.15, 0.2) is 17.2 Å². The third-order valence-corrected chi connectivity index (χ3v) is 3.40. The molecule has 1 aromatic heterocycles. The molecular weight excluding hydrogens is 272 g/mol. The Morgan fingerprint density at radius 1 is 1.40 bits per heavy atom. The van der Waals surface area contributed by atoms with E-state index >= 15 is 0 Å². The Morgan fingerprint density at radius 2 is 2.15 bits per heavy atom. The summed E-state index contributed by atoms with van der Waals surface area (Å²) in [6, 6.07) is 0. The molecule has 0 aromatic carbocycles. The lowest BCUT2D eigenvalue weighted by Gasteiger charge is -2.05. The largest absolute Gasteiger partial charge is 0.461 e. The maximum Gasteiger partial charge on any atom is 0.359 e. The number of carbonyl (C=O) groups is 1. The van der Waals surface area contributed by atoms with Crippen molar-refractivity contribution >= 4 is 30.0 Å². The van der Waals surface area contributed by atoms with Crippen molar-refractivity contribution in [1.82, 2.24) is 9.55 Å². The van der Waals surface area contributed by atoms with Gasteiger partial charge in [-0.3, -0.25) is 4.57 Å². The van der Waals surface area contributed by atoms with Crippen LogP contribution < -0.4 is 0 Å². The van der Waals surface area contributed by atoms with Crippen molar-refractivity contribution in [2.75, 3.05) is 12.4 Å². The van der Waals surface area contributed by atoms with Crippen LogP contribution in [0.5, 0.6) is 0 Å². The SMILES string of the molecule is C/C=C\c1nc(C(=O)OCC)c(SCC)n1/C=C/CC. The van der Waals surface area contributed by atoms with Gasteiger partial charge in [0, 0.05) is 6.20 Å². The number of carbonyl (C=O) groups excluding carboxylic acids is 1. The van der Waals surface area contributed by atoms with E-state index in [-0.39, 0.29) is 5.97 Å². The summed E-state index contributed by atoms with van der Waals surface area (Å²) < 4.78 is 7.04. The zero-order chi connectivity index (χ0) is 15.0. The molecule has 0 unspecified atom stereocenters. The van der Waals surface area contributed by atoms with E-state index in [1.165, 1.54) is 0 Å². The third-order valence-electron chi connectivity index (χ3n) is 2.45. The third kappa shape index (κ3) is 4.00. The van der Waals surface area contributed by atoms with Crippen molar-refractivity contribution in [3.05, 3.63) is 23.7 Å². The average Bonchev–Trinajstić information content (AvgIpc) is 2.76. The molecule has 5 heteroatoms. The number of rotatable bonds is 7. The normalized spacial score (nSPS) is 11.6. The first-order valence-electron chi connectivity index (χ1n) is 6.90. The second-order valence-corrected chi connectivity index (χ2v) is 5.19. The van der Waals surface area contributed by atoms with Crippen molar-refractivity contribution in [3.63, 3.8) is 0 Å². The first-order valence-corrected chi connectivity index (χ1v) is 7.89. The van der Waals surface area contributed by atoms with Gasteiger partial charge in [-0.2, -0.15) is 0 Å². The number of hydrogen-bond donors (Lipinski definition) is 0. The second-order valence-electron chi connectivity index (χ2n) is 3.94. The zero-order valence-electron chi connectivity index (χ0n) is 12.5. The molecule has 1 aromatic rings. The van der Waals surface area contributed by atoms with Gasteiger partial charge in [0.15, 0.2) is 5.69 Å². The molecule has 1 rings (SSSR count). The lowest BCUT2D eigenvalue weighted by atomic mass is 10.4. The fraction of sp³-hybridized carbons (Fsp3) is 0.467. The number of nitrogens with zero attached hydrogens (tertiary/aromatic N) is 2. The molecule has 0 fully saturated rings. The molecule has 4 nitrogen and oxygen atoms in total. The molecule has 0 bridgehead atoms. The van der Waals surface area contributed by atoms with Gasteiger partial charge in [-0.05, 0) is 32.1 Å². The minimum absolute atomic E-state index is 0.353. The summed E-state index contributed by atoms with van der Waals surface area (Å²) in [6.45, 7) is 8.20. The van der Waals surface area contributed by atoms with Gasteiger partial charge in [0.05, 0.1) is 6.61 Å². The van der Waals surface area contributed by atoms with Crippen LogP contribution in [0.3, 0.4) is 0 Å². The maximum absolute atomic E-state index is 12.0. The van der Waals surface area contributed by atoms with Gasteiger partial charge in [0.25, 0.3) is 0 Å². The molecule has 0 saturated carbocycles. The van der Waals surface area contributed by atoms with E-state index < -0.39 is 0 Å². The Balaban J connectivity index is 3.35. The minimum atomic E-state index is -0.363. The zero-order valence-corrected chi connectivity index (χ0v) is 13.4. The Bertz CT molecular complexity index is 504. The predicted molar refractivity (Wildman–Crippen MR) is 84.9 cm³/mol. The molecule has 0 N–H and O–H groups in total. The molecule has 0 aliphatic carbocycles. The number of esters is 1. The Kier molecular flexibility index (Phi) is 7.15. The first kappa shape index (κ1) is 16.6. The van der Waals surface area contributed by atoms with Gasteiger partial charge in [-0.25, -0.2) is 9.78 Å². The van der Waals surface area contributed by atoms with Crippen molar-refractivity contribution in [2.24, 2.45) is 0 Å². The molecule has 0 saturated heterocycles. The van der Waals surface area contributed by atoms with Gasteiger partial charge in [0.1, 0.15) is 10.9 Å². The van der Waals surface area contributed by atoms with Crippen molar-refractivity contribution < 1.29 is 9.53 Å². The van der Waals surface area contributed by atoms with Crippen LogP contribution >= 0.6 is 11.8 Å². The number of imidazole rings is 1. The molecule has 0 atom stereocenters. The van der Waals surface area contributed by atoms with E-state index in [9.17, 15) is 4.79 Å². The highest BCUT2D eigenvalue weighted by Crippen LogP contribution is 2.26. The number of hydrogen-bond acceptors (Lipinski definition) is 4. The number of ether oxygens (including phenoxy) is 1. The lowest BCUT2D eigenvalue weighted by Crippen LogP contribution is -2.07. The predicted octanol–water partition coefficient (Wildman–Crippen LogP) is 4.09. The number of thioether (sulfide) groups is 1. The van der Waals surface area contributed by atoms with Crippen molar-refractivity contribution in [2.45, 2.75) is 39.1 Å². The highest BCUT2D eigenvalue weighted by atomic mass is 32.2. The van der Waals surface area contributed by atoms with E-state index in [2.05, 4.69) is 18.8 Å². The summed E-state index contributed by atoms with van der Waals surface area (Å²) in [4.78, 5) is 16.4. The quantitative estimate of drug-likeness (QED) is 0.561. The van der Waals surface area contributed by atoms with Crippen LogP contribution in [0.4, 0.5) is 0 Å². The van der Waals surface area contributed by atoms with Gasteiger partial charge >= 0.3 is 5.97 Å². The summed E-state index contributed by atoms with van der Waals surface area (Å²) in [5.41, 5.74) is 0.396. The average molecular weight is 294 g/mol. The fourth-order valence-electron chi connectivity index (χ4n) is 1.66. The van der Waals surface area contributed by atoms with Crippen molar-refractivity contribution in [1.29, 1.82) is 0 Å². The molecule has 0 aliphatic heterocycles. The lowest BCUT2D eigenvalue weighted by molar-refractivity contribution is 0.0515. The summed E-state index contributed by atoms with van der Waals surface area (Å²) >= 11 is 1.59. The van der Waals surface area contributed by atoms with E-state index in [1.54, 1.807) is 18.7 Å². The molecule has 20 heavy (non-hydrogen) atoms. The Hall–Kier alpha value is -1.49. The highest BCUT2D eigenvalue weighted by molar-refractivity contribution is 7.99. The minimum Gasteiger partial charge on any atom is -0.461 e. The van der Waals surface area contributed by atoms with Crippen LogP contribution in [-0.2, 0) is 4.74 Å². The van der Waals surface area contributed by atoms with Crippen LogP contribution in [0.25, 0.3) is 12.3 Å². The number of aromatic nitrogens is 2. The number of allylic oxidation sites excluding steroid dienone is 2. The van der Waals surface area contributed by atoms with Crippen molar-refractivity contribution in [3.8, 4) is 0 Å². The van der Waals surface area contributed by atoms with Gasteiger partial charge in [-0.15, -0.1) is 11.8 Å². The maximum atomic E-state index is 12.0. The van der Waals surface area contributed by atoms with Crippen LogP contribution in [0.1, 0.15) is 50.4 Å². The van der Waals surface area contributed by atoms with E-state index in [4.69, 9.17) is 4.74 Å². The summed E-state index contributed by atoms with van der Waals surface area (Å²) in [5, 5.41) is 0.837.